The molecular formula is C14H24O9. The molecule has 0 unspecified atom stereocenters. The minimum atomic E-state index is -1.27. The molecule has 9 heteroatoms. The van der Waals surface area contributed by atoms with E-state index in [2.05, 4.69) is 13.2 Å². The van der Waals surface area contributed by atoms with Crippen molar-refractivity contribution < 1.29 is 45.0 Å². The molecule has 0 aliphatic heterocycles. The Bertz CT molecular complexity index is 402. The van der Waals surface area contributed by atoms with Crippen molar-refractivity contribution in [2.75, 3.05) is 19.8 Å². The number of aliphatic carboxylic acids is 3. The first-order valence-electron chi connectivity index (χ1n) is 6.21. The summed E-state index contributed by atoms with van der Waals surface area (Å²) in [5.41, 5.74) is -0.836. The summed E-state index contributed by atoms with van der Waals surface area (Å²) in [6, 6.07) is 0. The Balaban J connectivity index is -0.000000266. The van der Waals surface area contributed by atoms with Crippen LogP contribution >= 0.6 is 0 Å². The molecule has 9 nitrogen and oxygen atoms in total. The first kappa shape index (κ1) is 25.7. The standard InChI is InChI=1S/C5H6O4.C5H12O3.C4H6O2/c1-3(5(8)9)2-4(6)7;1-5(2-6,3-7)4-8;1-3(2)4(5)6/h1-2H2,(H,6,7)(H,8,9);6-8H,2-4H2,1H3;1H2,2H3,(H,5,6). The predicted molar refractivity (Wildman–Crippen MR) is 80.8 cm³/mol. The second kappa shape index (κ2) is 13.4. The van der Waals surface area contributed by atoms with Crippen LogP contribution in [-0.2, 0) is 14.4 Å². The zero-order valence-corrected chi connectivity index (χ0v) is 13.2. The monoisotopic (exact) mass is 336 g/mol. The van der Waals surface area contributed by atoms with Gasteiger partial charge in [-0.3, -0.25) is 4.79 Å². The van der Waals surface area contributed by atoms with Gasteiger partial charge in [-0.1, -0.05) is 20.1 Å². The van der Waals surface area contributed by atoms with Gasteiger partial charge in [-0.25, -0.2) is 9.59 Å². The Morgan fingerprint density at radius 2 is 1.17 bits per heavy atom. The fraction of sp³-hybridized carbons (Fsp3) is 0.500. The summed E-state index contributed by atoms with van der Waals surface area (Å²) in [4.78, 5) is 29.3. The second-order valence-corrected chi connectivity index (χ2v) is 4.85. The summed E-state index contributed by atoms with van der Waals surface area (Å²) >= 11 is 0. The molecule has 23 heavy (non-hydrogen) atoms. The SMILES string of the molecule is C=C(C)C(=O)O.C=C(CC(=O)O)C(=O)O.CC(CO)(CO)CO. The third-order valence-electron chi connectivity index (χ3n) is 2.18. The molecule has 0 aliphatic carbocycles. The van der Waals surface area contributed by atoms with Crippen molar-refractivity contribution >= 4 is 17.9 Å². The number of carboxylic acids is 3. The molecule has 0 aromatic carbocycles. The van der Waals surface area contributed by atoms with Crippen LogP contribution < -0.4 is 0 Å². The largest absolute Gasteiger partial charge is 0.481 e. The lowest BCUT2D eigenvalue weighted by Gasteiger charge is -2.20. The molecule has 0 aromatic heterocycles. The molecule has 0 heterocycles. The molecule has 0 atom stereocenters. The topological polar surface area (TPSA) is 173 Å². The average Bonchev–Trinajstić information content (AvgIpc) is 2.46. The molecule has 0 saturated carbocycles. The number of hydrogen-bond acceptors (Lipinski definition) is 6. The summed E-state index contributed by atoms with van der Waals surface area (Å²) in [6.45, 7) is 8.68. The smallest absolute Gasteiger partial charge is 0.331 e. The Morgan fingerprint density at radius 3 is 1.22 bits per heavy atom. The number of carbonyl (C=O) groups is 3. The summed E-state index contributed by atoms with van der Waals surface area (Å²) in [5.74, 6) is -3.38. The molecule has 6 N–H and O–H groups in total. The van der Waals surface area contributed by atoms with Crippen molar-refractivity contribution in [3.63, 3.8) is 0 Å². The molecular weight excluding hydrogens is 312 g/mol. The van der Waals surface area contributed by atoms with E-state index in [0.29, 0.717) is 0 Å². The van der Waals surface area contributed by atoms with E-state index in [1.54, 1.807) is 6.92 Å². The Labute approximate surface area is 133 Å². The van der Waals surface area contributed by atoms with Crippen LogP contribution in [0.1, 0.15) is 20.3 Å². The molecule has 0 aromatic rings. The lowest BCUT2D eigenvalue weighted by atomic mass is 9.95. The van der Waals surface area contributed by atoms with E-state index in [9.17, 15) is 14.4 Å². The van der Waals surface area contributed by atoms with E-state index in [0.717, 1.165) is 0 Å². The van der Waals surface area contributed by atoms with E-state index in [-0.39, 0.29) is 31.0 Å². The number of carboxylic acid groups (broad SMARTS) is 3. The van der Waals surface area contributed by atoms with Crippen LogP contribution in [0, 0.1) is 5.41 Å². The molecule has 0 amide bonds. The molecule has 0 bridgehead atoms. The zero-order valence-electron chi connectivity index (χ0n) is 13.2. The van der Waals surface area contributed by atoms with E-state index in [1.807, 2.05) is 0 Å². The average molecular weight is 336 g/mol. The minimum Gasteiger partial charge on any atom is -0.481 e. The van der Waals surface area contributed by atoms with Crippen LogP contribution in [0.15, 0.2) is 24.3 Å². The van der Waals surface area contributed by atoms with E-state index >= 15 is 0 Å². The first-order valence-corrected chi connectivity index (χ1v) is 6.21. The lowest BCUT2D eigenvalue weighted by molar-refractivity contribution is -0.139. The van der Waals surface area contributed by atoms with Crippen LogP contribution in [0.25, 0.3) is 0 Å². The van der Waals surface area contributed by atoms with Crippen LogP contribution in [-0.4, -0.2) is 68.4 Å². The Hall–Kier alpha value is -2.23. The van der Waals surface area contributed by atoms with Gasteiger partial charge in [0.15, 0.2) is 0 Å². The van der Waals surface area contributed by atoms with Crippen molar-refractivity contribution in [3.8, 4) is 0 Å². The van der Waals surface area contributed by atoms with E-state index in [1.165, 1.54) is 6.92 Å². The highest BCUT2D eigenvalue weighted by Crippen LogP contribution is 2.10. The molecule has 0 radical (unpaired) electrons. The summed E-state index contributed by atoms with van der Waals surface area (Å²) < 4.78 is 0. The van der Waals surface area contributed by atoms with Crippen molar-refractivity contribution in [2.24, 2.45) is 5.41 Å². The van der Waals surface area contributed by atoms with Crippen molar-refractivity contribution in [1.29, 1.82) is 0 Å². The first-order chi connectivity index (χ1) is 10.4. The number of rotatable bonds is 7. The third kappa shape index (κ3) is 17.7. The van der Waals surface area contributed by atoms with Crippen molar-refractivity contribution in [1.82, 2.24) is 0 Å². The van der Waals surface area contributed by atoms with Gasteiger partial charge in [-0.2, -0.15) is 0 Å². The maximum Gasteiger partial charge on any atom is 0.331 e. The third-order valence-corrected chi connectivity index (χ3v) is 2.18. The molecule has 0 fully saturated rings. The van der Waals surface area contributed by atoms with Gasteiger partial charge in [0.2, 0.25) is 0 Å². The maximum atomic E-state index is 9.87. The van der Waals surface area contributed by atoms with Crippen LogP contribution in [0.5, 0.6) is 0 Å². The van der Waals surface area contributed by atoms with Gasteiger partial charge in [0, 0.05) is 16.6 Å². The number of aliphatic hydroxyl groups excluding tert-OH is 3. The normalized spacial score (nSPS) is 9.43. The Kier molecular flexibility index (Phi) is 15.0. The van der Waals surface area contributed by atoms with Crippen LogP contribution in [0.4, 0.5) is 0 Å². The van der Waals surface area contributed by atoms with Crippen LogP contribution in [0.2, 0.25) is 0 Å². The number of hydrogen-bond donors (Lipinski definition) is 6. The lowest BCUT2D eigenvalue weighted by Crippen LogP contribution is -2.29. The molecule has 0 spiro atoms. The second-order valence-electron chi connectivity index (χ2n) is 4.85. The fourth-order valence-corrected chi connectivity index (χ4v) is 0.408. The molecule has 134 valence electrons. The Morgan fingerprint density at radius 1 is 0.870 bits per heavy atom. The number of aliphatic hydroxyl groups is 3. The summed E-state index contributed by atoms with van der Waals surface area (Å²) in [5, 5.41) is 49.4. The van der Waals surface area contributed by atoms with Gasteiger partial charge in [-0.05, 0) is 6.92 Å². The molecule has 0 saturated heterocycles. The van der Waals surface area contributed by atoms with Gasteiger partial charge in [-0.15, -0.1) is 0 Å². The highest BCUT2D eigenvalue weighted by Gasteiger charge is 2.20. The van der Waals surface area contributed by atoms with E-state index in [4.69, 9.17) is 30.6 Å². The van der Waals surface area contributed by atoms with Gasteiger partial charge in [0.1, 0.15) is 0 Å². The quantitative estimate of drug-likeness (QED) is 0.342. The van der Waals surface area contributed by atoms with Crippen molar-refractivity contribution in [3.05, 3.63) is 24.3 Å². The van der Waals surface area contributed by atoms with E-state index < -0.39 is 29.7 Å². The van der Waals surface area contributed by atoms with Gasteiger partial charge >= 0.3 is 17.9 Å². The maximum absolute atomic E-state index is 9.87. The molecule has 0 rings (SSSR count). The van der Waals surface area contributed by atoms with Crippen LogP contribution in [0.3, 0.4) is 0 Å². The van der Waals surface area contributed by atoms with Crippen molar-refractivity contribution in [2.45, 2.75) is 20.3 Å². The predicted octanol–water partition coefficient (Wildman–Crippen LogP) is -0.281. The summed E-state index contributed by atoms with van der Waals surface area (Å²) in [7, 11) is 0. The molecule has 0 aliphatic rings. The minimum absolute atomic E-state index is 0.176. The van der Waals surface area contributed by atoms with Gasteiger partial charge in [0.25, 0.3) is 0 Å². The van der Waals surface area contributed by atoms with Gasteiger partial charge < -0.3 is 30.6 Å². The summed E-state index contributed by atoms with van der Waals surface area (Å²) in [6.07, 6.45) is -0.505. The highest BCUT2D eigenvalue weighted by atomic mass is 16.4. The zero-order chi connectivity index (χ0) is 19.2. The van der Waals surface area contributed by atoms with Gasteiger partial charge in [0.05, 0.1) is 26.2 Å². The highest BCUT2D eigenvalue weighted by molar-refractivity contribution is 5.91. The fourth-order valence-electron chi connectivity index (χ4n) is 0.408.